The molecule has 0 unspecified atom stereocenters. The molecule has 0 aromatic rings. The summed E-state index contributed by atoms with van der Waals surface area (Å²) in [7, 11) is 0. The van der Waals surface area contributed by atoms with Crippen LogP contribution in [0.3, 0.4) is 0 Å². The lowest BCUT2D eigenvalue weighted by Crippen LogP contribution is -2.34. The summed E-state index contributed by atoms with van der Waals surface area (Å²) >= 11 is 0. The van der Waals surface area contributed by atoms with E-state index in [9.17, 15) is 22.0 Å². The van der Waals surface area contributed by atoms with E-state index in [2.05, 4.69) is 0 Å². The molecule has 0 rings (SSSR count). The fourth-order valence-electron chi connectivity index (χ4n) is 0.0709. The van der Waals surface area contributed by atoms with Crippen LogP contribution in [0.1, 0.15) is 0 Å². The minimum Gasteiger partial charge on any atom is -0.181 e. The molecule has 0 amide bonds. The van der Waals surface area contributed by atoms with Crippen LogP contribution in [-0.2, 0) is 0 Å². The van der Waals surface area contributed by atoms with Crippen molar-refractivity contribution < 1.29 is 22.0 Å². The third kappa shape index (κ3) is 1.56. The first-order chi connectivity index (χ1) is 3.81. The normalized spacial score (nSPS) is 12.9. The van der Waals surface area contributed by atoms with Crippen molar-refractivity contribution in [3.8, 4) is 5.92 Å². The average molecular weight is 143 g/mol. The molecule has 1 radical (unpaired) electrons. The fourth-order valence-corrected chi connectivity index (χ4v) is 0.0709. The predicted octanol–water partition coefficient (Wildman–Crippen LogP) is 1.77. The number of hydrogen-bond acceptors (Lipinski definition) is 0. The van der Waals surface area contributed by atoms with Crippen molar-refractivity contribution in [3.05, 3.63) is 6.42 Å². The van der Waals surface area contributed by atoms with Crippen LogP contribution in [0.4, 0.5) is 22.0 Å². The van der Waals surface area contributed by atoms with Crippen LogP contribution in [0.25, 0.3) is 0 Å². The predicted molar refractivity (Wildman–Crippen MR) is 18.1 cm³/mol. The number of hydrogen-bond donors (Lipinski definition) is 0. The lowest BCUT2D eigenvalue weighted by atomic mass is 10.3. The third-order valence-electron chi connectivity index (χ3n) is 0.513. The van der Waals surface area contributed by atoms with Gasteiger partial charge in [0.1, 0.15) is 0 Å². The highest BCUT2D eigenvalue weighted by molar-refractivity contribution is 5.00. The number of rotatable bonds is 0. The standard InChI is InChI=1S/C4F5/c1-2-3(5,6)4(7,8)9. The van der Waals surface area contributed by atoms with E-state index in [1.54, 1.807) is 0 Å². The lowest BCUT2D eigenvalue weighted by molar-refractivity contribution is -0.254. The van der Waals surface area contributed by atoms with Gasteiger partial charge < -0.3 is 0 Å². The van der Waals surface area contributed by atoms with Gasteiger partial charge in [0.25, 0.3) is 0 Å². The molecule has 0 aromatic carbocycles. The highest BCUT2D eigenvalue weighted by atomic mass is 19.4. The molecular formula is C4F5. The summed E-state index contributed by atoms with van der Waals surface area (Å²) in [5.41, 5.74) is 0. The van der Waals surface area contributed by atoms with Crippen molar-refractivity contribution in [2.24, 2.45) is 0 Å². The minimum atomic E-state index is -5.69. The van der Waals surface area contributed by atoms with E-state index in [0.29, 0.717) is 0 Å². The molecule has 0 saturated heterocycles. The Labute approximate surface area is 47.7 Å². The molecule has 0 nitrogen and oxygen atoms in total. The Bertz CT molecular complexity index is 136. The maximum absolute atomic E-state index is 11.2. The van der Waals surface area contributed by atoms with Crippen LogP contribution >= 0.6 is 0 Å². The van der Waals surface area contributed by atoms with Gasteiger partial charge in [-0.05, 0) is 12.3 Å². The second kappa shape index (κ2) is 1.87. The molecule has 0 aliphatic carbocycles. The van der Waals surface area contributed by atoms with Crippen LogP contribution in [0.2, 0.25) is 0 Å². The molecule has 0 saturated carbocycles. The van der Waals surface area contributed by atoms with Crippen LogP contribution in [0.15, 0.2) is 0 Å². The molecule has 0 aliphatic rings. The molecule has 0 bridgehead atoms. The van der Waals surface area contributed by atoms with E-state index in [1.165, 1.54) is 0 Å². The molecule has 0 heterocycles. The van der Waals surface area contributed by atoms with Crippen molar-refractivity contribution >= 4 is 0 Å². The van der Waals surface area contributed by atoms with Crippen LogP contribution < -0.4 is 0 Å². The van der Waals surface area contributed by atoms with Crippen molar-refractivity contribution in [1.29, 1.82) is 0 Å². The first kappa shape index (κ1) is 8.21. The summed E-state index contributed by atoms with van der Waals surface area (Å²) in [4.78, 5) is 0. The van der Waals surface area contributed by atoms with Crippen molar-refractivity contribution in [3.63, 3.8) is 0 Å². The summed E-state index contributed by atoms with van der Waals surface area (Å²) in [6.45, 7) is 0. The highest BCUT2D eigenvalue weighted by Gasteiger charge is 2.56. The molecule has 0 fully saturated rings. The zero-order valence-corrected chi connectivity index (χ0v) is 3.89. The quantitative estimate of drug-likeness (QED) is 0.358. The summed E-state index contributed by atoms with van der Waals surface area (Å²) in [5.74, 6) is -5.03. The van der Waals surface area contributed by atoms with E-state index < -0.39 is 12.1 Å². The van der Waals surface area contributed by atoms with E-state index >= 15 is 0 Å². The van der Waals surface area contributed by atoms with Gasteiger partial charge in [0.05, 0.1) is 0 Å². The largest absolute Gasteiger partial charge is 0.466 e. The lowest BCUT2D eigenvalue weighted by Gasteiger charge is -2.11. The van der Waals surface area contributed by atoms with Gasteiger partial charge in [0.2, 0.25) is 0 Å². The second-order valence-corrected chi connectivity index (χ2v) is 1.20. The van der Waals surface area contributed by atoms with Gasteiger partial charge in [0, 0.05) is 0 Å². The maximum Gasteiger partial charge on any atom is 0.466 e. The van der Waals surface area contributed by atoms with E-state index in [1.807, 2.05) is 0 Å². The summed E-state index contributed by atoms with van der Waals surface area (Å²) < 4.78 is 55.2. The maximum atomic E-state index is 11.2. The number of alkyl halides is 5. The fraction of sp³-hybridized carbons (Fsp3) is 0.500. The molecule has 51 valence electrons. The summed E-state index contributed by atoms with van der Waals surface area (Å²) in [6.07, 6.45) is -0.145. The van der Waals surface area contributed by atoms with Crippen LogP contribution in [0, 0.1) is 12.3 Å². The van der Waals surface area contributed by atoms with Gasteiger partial charge in [-0.25, -0.2) is 0 Å². The van der Waals surface area contributed by atoms with Crippen LogP contribution in [0.5, 0.6) is 0 Å². The molecule has 5 heteroatoms. The van der Waals surface area contributed by atoms with Gasteiger partial charge in [-0.1, -0.05) is 0 Å². The third-order valence-corrected chi connectivity index (χ3v) is 0.513. The molecule has 0 aliphatic heterocycles. The van der Waals surface area contributed by atoms with Crippen molar-refractivity contribution in [2.45, 2.75) is 12.1 Å². The van der Waals surface area contributed by atoms with Crippen molar-refractivity contribution in [2.75, 3.05) is 0 Å². The first-order valence-electron chi connectivity index (χ1n) is 1.69. The van der Waals surface area contributed by atoms with E-state index in [-0.39, 0.29) is 5.92 Å². The Kier molecular flexibility index (Phi) is 1.70. The van der Waals surface area contributed by atoms with Gasteiger partial charge >= 0.3 is 12.1 Å². The van der Waals surface area contributed by atoms with Gasteiger partial charge in [-0.15, -0.1) is 0 Å². The Hall–Kier alpha value is -0.790. The second-order valence-electron chi connectivity index (χ2n) is 1.20. The van der Waals surface area contributed by atoms with Crippen LogP contribution in [-0.4, -0.2) is 12.1 Å². The topological polar surface area (TPSA) is 0 Å². The molecular weight excluding hydrogens is 143 g/mol. The van der Waals surface area contributed by atoms with Crippen molar-refractivity contribution in [1.82, 2.24) is 0 Å². The van der Waals surface area contributed by atoms with E-state index in [0.717, 1.165) is 0 Å². The Morgan fingerprint density at radius 3 is 1.33 bits per heavy atom. The van der Waals surface area contributed by atoms with E-state index in [4.69, 9.17) is 6.42 Å². The summed E-state index contributed by atoms with van der Waals surface area (Å²) in [5, 5.41) is 0. The average Bonchev–Trinajstić information content (AvgIpc) is 1.64. The molecule has 0 spiro atoms. The first-order valence-corrected chi connectivity index (χ1v) is 1.69. The zero-order valence-electron chi connectivity index (χ0n) is 3.89. The Morgan fingerprint density at radius 2 is 1.33 bits per heavy atom. The minimum absolute atomic E-state index is 0.0729. The SMILES string of the molecule is [C]#CC(F)(F)C(F)(F)F. The molecule has 0 N–H and O–H groups in total. The number of halogens is 5. The highest BCUT2D eigenvalue weighted by Crippen LogP contribution is 2.34. The van der Waals surface area contributed by atoms with Gasteiger partial charge in [-0.2, -0.15) is 22.0 Å². The van der Waals surface area contributed by atoms with Gasteiger partial charge in [-0.3, -0.25) is 0 Å². The van der Waals surface area contributed by atoms with Gasteiger partial charge in [0.15, 0.2) is 0 Å². The zero-order chi connectivity index (χ0) is 7.71. The monoisotopic (exact) mass is 143 g/mol. The molecule has 9 heavy (non-hydrogen) atoms. The Morgan fingerprint density at radius 1 is 1.00 bits per heavy atom. The summed E-state index contributed by atoms with van der Waals surface area (Å²) in [6, 6.07) is 0. The smallest absolute Gasteiger partial charge is 0.181 e. The Balaban J connectivity index is 4.39. The molecule has 0 atom stereocenters. The molecule has 0 aromatic heterocycles.